The normalized spacial score (nSPS) is 17.6. The van der Waals surface area contributed by atoms with Gasteiger partial charge in [0.25, 0.3) is 0 Å². The molecule has 3 aromatic rings. The van der Waals surface area contributed by atoms with Gasteiger partial charge >= 0.3 is 0 Å². The van der Waals surface area contributed by atoms with E-state index in [1.807, 2.05) is 10.8 Å². The first kappa shape index (κ1) is 15.7. The van der Waals surface area contributed by atoms with Gasteiger partial charge in [-0.2, -0.15) is 10.4 Å². The summed E-state index contributed by atoms with van der Waals surface area (Å²) in [5.74, 6) is -0.835. The fraction of sp³-hybridized carbons (Fsp3) is 0.200. The molecule has 0 radical (unpaired) electrons. The van der Waals surface area contributed by atoms with Gasteiger partial charge in [0.05, 0.1) is 23.5 Å². The molecule has 27 heavy (non-hydrogen) atoms. The van der Waals surface area contributed by atoms with Crippen molar-refractivity contribution in [1.29, 1.82) is 5.26 Å². The van der Waals surface area contributed by atoms with Crippen LogP contribution in [0, 0.1) is 17.1 Å². The van der Waals surface area contributed by atoms with E-state index >= 15 is 0 Å². The largest absolute Gasteiger partial charge is 0.345 e. The van der Waals surface area contributed by atoms with Gasteiger partial charge in [-0.15, -0.1) is 0 Å². The van der Waals surface area contributed by atoms with Gasteiger partial charge < -0.3 is 4.52 Å². The van der Waals surface area contributed by atoms with Crippen LogP contribution in [-0.2, 0) is 13.0 Å². The highest BCUT2D eigenvalue weighted by Gasteiger charge is 2.37. The average molecular weight is 359 g/mol. The molecule has 0 saturated carbocycles. The molecule has 132 valence electrons. The van der Waals surface area contributed by atoms with Gasteiger partial charge in [-0.25, -0.2) is 4.39 Å². The van der Waals surface area contributed by atoms with E-state index in [9.17, 15) is 9.65 Å². The fourth-order valence-electron chi connectivity index (χ4n) is 3.92. The number of nitrogens with zero attached hydrogens (tertiary/aromatic N) is 5. The highest BCUT2D eigenvalue weighted by molar-refractivity contribution is 5.91. The lowest BCUT2D eigenvalue weighted by atomic mass is 9.84. The number of hydrogen-bond acceptors (Lipinski definition) is 5. The molecule has 0 spiro atoms. The van der Waals surface area contributed by atoms with Gasteiger partial charge in [0.1, 0.15) is 17.6 Å². The van der Waals surface area contributed by atoms with E-state index in [4.69, 9.17) is 9.62 Å². The standard InChI is InChI=1S/C20H14FN5O/c1-11-10-26-20(13-9-23-7-6-15(13)24-26)19-18(16(8-22)27-25-19)17(11)12-4-2-3-5-14(12)21/h2-5,9,17H,1,6-7,10H2. The molecule has 0 saturated heterocycles. The Labute approximate surface area is 154 Å². The van der Waals surface area contributed by atoms with E-state index in [1.165, 1.54) is 6.07 Å². The van der Waals surface area contributed by atoms with Gasteiger partial charge in [-0.1, -0.05) is 29.9 Å². The van der Waals surface area contributed by atoms with Crippen molar-refractivity contribution in [1.82, 2.24) is 14.9 Å². The number of nitriles is 1. The Kier molecular flexibility index (Phi) is 3.34. The molecule has 0 bridgehead atoms. The van der Waals surface area contributed by atoms with Crippen LogP contribution in [0.1, 0.15) is 34.1 Å². The monoisotopic (exact) mass is 359 g/mol. The van der Waals surface area contributed by atoms with Crippen LogP contribution in [0.25, 0.3) is 11.4 Å². The second kappa shape index (κ2) is 5.74. The quantitative estimate of drug-likeness (QED) is 0.625. The van der Waals surface area contributed by atoms with E-state index < -0.39 is 5.92 Å². The van der Waals surface area contributed by atoms with Crippen LogP contribution in [0.5, 0.6) is 0 Å². The van der Waals surface area contributed by atoms with Crippen LogP contribution in [0.2, 0.25) is 0 Å². The van der Waals surface area contributed by atoms with E-state index in [0.29, 0.717) is 29.9 Å². The predicted molar refractivity (Wildman–Crippen MR) is 96.0 cm³/mol. The summed E-state index contributed by atoms with van der Waals surface area (Å²) in [5.41, 5.74) is 4.75. The van der Waals surface area contributed by atoms with Crippen molar-refractivity contribution in [3.8, 4) is 17.5 Å². The van der Waals surface area contributed by atoms with Crippen molar-refractivity contribution in [3.05, 3.63) is 70.4 Å². The van der Waals surface area contributed by atoms with Crippen LogP contribution in [-0.4, -0.2) is 27.7 Å². The van der Waals surface area contributed by atoms with E-state index in [1.54, 1.807) is 24.4 Å². The van der Waals surface area contributed by atoms with Crippen molar-refractivity contribution >= 4 is 6.21 Å². The Hall–Kier alpha value is -3.53. The number of rotatable bonds is 1. The van der Waals surface area contributed by atoms with Crippen LogP contribution < -0.4 is 0 Å². The van der Waals surface area contributed by atoms with Gasteiger partial charge in [0.15, 0.2) is 0 Å². The number of allylic oxidation sites excluding steroid dienone is 1. The summed E-state index contributed by atoms with van der Waals surface area (Å²) in [6.07, 6.45) is 2.53. The van der Waals surface area contributed by atoms with Crippen molar-refractivity contribution < 1.29 is 8.91 Å². The average Bonchev–Trinajstić information content (AvgIpc) is 3.21. The molecule has 2 aliphatic rings. The van der Waals surface area contributed by atoms with Gasteiger partial charge in [-0.3, -0.25) is 9.67 Å². The molecule has 4 heterocycles. The maximum Gasteiger partial charge on any atom is 0.240 e. The van der Waals surface area contributed by atoms with Crippen LogP contribution in [0.15, 0.2) is 45.9 Å². The van der Waals surface area contributed by atoms with Crippen molar-refractivity contribution in [3.63, 3.8) is 0 Å². The third-order valence-electron chi connectivity index (χ3n) is 5.08. The zero-order valence-corrected chi connectivity index (χ0v) is 14.3. The molecule has 0 aliphatic carbocycles. The Morgan fingerprint density at radius 2 is 2.19 bits per heavy atom. The van der Waals surface area contributed by atoms with Crippen LogP contribution in [0.4, 0.5) is 4.39 Å². The Morgan fingerprint density at radius 1 is 1.33 bits per heavy atom. The SMILES string of the molecule is C=C1Cn2nc3c(c2-c2noc(C#N)c2C1c1ccccc1F)C=NCC3. The minimum atomic E-state index is -0.542. The van der Waals surface area contributed by atoms with Crippen molar-refractivity contribution in [2.45, 2.75) is 18.9 Å². The number of hydrogen-bond donors (Lipinski definition) is 0. The number of halogens is 1. The Morgan fingerprint density at radius 3 is 3.00 bits per heavy atom. The fourth-order valence-corrected chi connectivity index (χ4v) is 3.92. The minimum absolute atomic E-state index is 0.0653. The Balaban J connectivity index is 1.82. The molecule has 1 aromatic carbocycles. The van der Waals surface area contributed by atoms with E-state index in [-0.39, 0.29) is 11.6 Å². The van der Waals surface area contributed by atoms with Crippen molar-refractivity contribution in [2.75, 3.05) is 6.54 Å². The molecule has 0 amide bonds. The number of fused-ring (bicyclic) bond motifs is 5. The minimum Gasteiger partial charge on any atom is -0.345 e. The first-order valence-electron chi connectivity index (χ1n) is 8.60. The maximum atomic E-state index is 14.6. The third-order valence-corrected chi connectivity index (χ3v) is 5.08. The van der Waals surface area contributed by atoms with Crippen molar-refractivity contribution in [2.24, 2.45) is 4.99 Å². The summed E-state index contributed by atoms with van der Waals surface area (Å²) in [6.45, 7) is 5.28. The van der Waals surface area contributed by atoms with E-state index in [2.05, 4.69) is 16.7 Å². The third kappa shape index (κ3) is 2.20. The smallest absolute Gasteiger partial charge is 0.240 e. The molecule has 1 atom stereocenters. The van der Waals surface area contributed by atoms with Gasteiger partial charge in [0.2, 0.25) is 5.76 Å². The number of aromatic nitrogens is 3. The molecule has 7 heteroatoms. The summed E-state index contributed by atoms with van der Waals surface area (Å²) < 4.78 is 21.8. The topological polar surface area (TPSA) is 80.0 Å². The summed E-state index contributed by atoms with van der Waals surface area (Å²) in [7, 11) is 0. The molecular weight excluding hydrogens is 345 g/mol. The summed E-state index contributed by atoms with van der Waals surface area (Å²) >= 11 is 0. The number of benzene rings is 1. The summed E-state index contributed by atoms with van der Waals surface area (Å²) in [4.78, 5) is 4.36. The first-order chi connectivity index (χ1) is 13.2. The summed E-state index contributed by atoms with van der Waals surface area (Å²) in [5, 5.41) is 18.4. The van der Waals surface area contributed by atoms with Gasteiger partial charge in [0, 0.05) is 30.7 Å². The molecule has 2 aliphatic heterocycles. The zero-order valence-electron chi connectivity index (χ0n) is 14.3. The molecule has 5 rings (SSSR count). The lowest BCUT2D eigenvalue weighted by Crippen LogP contribution is -2.11. The van der Waals surface area contributed by atoms with Gasteiger partial charge in [-0.05, 0) is 17.2 Å². The lowest BCUT2D eigenvalue weighted by Gasteiger charge is -2.18. The molecule has 1 unspecified atom stereocenters. The highest BCUT2D eigenvalue weighted by atomic mass is 19.1. The van der Waals surface area contributed by atoms with Crippen LogP contribution in [0.3, 0.4) is 0 Å². The lowest BCUT2D eigenvalue weighted by molar-refractivity contribution is 0.409. The van der Waals surface area contributed by atoms with Crippen LogP contribution >= 0.6 is 0 Å². The second-order valence-electron chi connectivity index (χ2n) is 6.65. The molecular formula is C20H14FN5O. The molecule has 0 fully saturated rings. The Bertz CT molecular complexity index is 1160. The predicted octanol–water partition coefficient (Wildman–Crippen LogP) is 3.23. The molecule has 2 aromatic heterocycles. The van der Waals surface area contributed by atoms with E-state index in [0.717, 1.165) is 28.9 Å². The summed E-state index contributed by atoms with van der Waals surface area (Å²) in [6, 6.07) is 8.56. The maximum absolute atomic E-state index is 14.6. The highest BCUT2D eigenvalue weighted by Crippen LogP contribution is 2.44. The molecule has 0 N–H and O–H groups in total. The number of aliphatic imine (C=N–C) groups is 1. The molecule has 6 nitrogen and oxygen atoms in total. The first-order valence-corrected chi connectivity index (χ1v) is 8.60. The second-order valence-corrected chi connectivity index (χ2v) is 6.65. The zero-order chi connectivity index (χ0) is 18.5.